The quantitative estimate of drug-likeness (QED) is 0.673. The fourth-order valence-electron chi connectivity index (χ4n) is 1.92. The Morgan fingerprint density at radius 3 is 2.75 bits per heavy atom. The third-order valence-electron chi connectivity index (χ3n) is 2.96. The van der Waals surface area contributed by atoms with E-state index in [0.29, 0.717) is 18.8 Å². The van der Waals surface area contributed by atoms with E-state index in [0.717, 1.165) is 23.9 Å². The molecule has 0 saturated carbocycles. The van der Waals surface area contributed by atoms with Gasteiger partial charge in [-0.15, -0.1) is 0 Å². The Balaban J connectivity index is 1.76. The molecule has 1 amide bonds. The number of hydrogen-bond donors (Lipinski definition) is 3. The van der Waals surface area contributed by atoms with Crippen LogP contribution in [-0.2, 0) is 4.79 Å². The summed E-state index contributed by atoms with van der Waals surface area (Å²) >= 11 is 0. The van der Waals surface area contributed by atoms with Crippen LogP contribution in [0.3, 0.4) is 0 Å². The molecule has 20 heavy (non-hydrogen) atoms. The minimum absolute atomic E-state index is 0.178. The molecule has 0 spiro atoms. The number of aromatic nitrogens is 2. The standard InChI is InChI=1S/C14H17N3O3/c18-12(19)8-2-1-5-9-15-14(20)13-16-10-6-3-4-7-11(10)17-13/h3-4,6-7H,1-2,5,8-9H2,(H,15,20)(H,16,17)(H,18,19). The smallest absolute Gasteiger partial charge is 0.303 e. The van der Waals surface area contributed by atoms with Gasteiger partial charge in [-0.2, -0.15) is 0 Å². The Kier molecular flexibility index (Phi) is 4.70. The molecular formula is C14H17N3O3. The maximum Gasteiger partial charge on any atom is 0.303 e. The second-order valence-electron chi connectivity index (χ2n) is 4.56. The van der Waals surface area contributed by atoms with Crippen LogP contribution in [-0.4, -0.2) is 33.5 Å². The number of fused-ring (bicyclic) bond motifs is 1. The van der Waals surface area contributed by atoms with Crippen molar-refractivity contribution in [1.29, 1.82) is 0 Å². The fourth-order valence-corrected chi connectivity index (χ4v) is 1.92. The van der Waals surface area contributed by atoms with E-state index in [-0.39, 0.29) is 12.3 Å². The third kappa shape index (κ3) is 3.81. The minimum Gasteiger partial charge on any atom is -0.481 e. The topological polar surface area (TPSA) is 95.1 Å². The number of amides is 1. The molecule has 0 radical (unpaired) electrons. The number of imidazole rings is 1. The van der Waals surface area contributed by atoms with Gasteiger partial charge in [-0.1, -0.05) is 18.6 Å². The van der Waals surface area contributed by atoms with Crippen LogP contribution in [0.15, 0.2) is 24.3 Å². The zero-order chi connectivity index (χ0) is 14.4. The molecule has 1 aromatic heterocycles. The van der Waals surface area contributed by atoms with Crippen LogP contribution in [0.1, 0.15) is 36.3 Å². The second-order valence-corrected chi connectivity index (χ2v) is 4.56. The molecule has 0 fully saturated rings. The average molecular weight is 275 g/mol. The van der Waals surface area contributed by atoms with Gasteiger partial charge in [-0.3, -0.25) is 9.59 Å². The molecule has 6 heteroatoms. The zero-order valence-electron chi connectivity index (χ0n) is 11.1. The van der Waals surface area contributed by atoms with Crippen LogP contribution < -0.4 is 5.32 Å². The van der Waals surface area contributed by atoms with Crippen LogP contribution in [0.25, 0.3) is 11.0 Å². The summed E-state index contributed by atoms with van der Waals surface area (Å²) in [5, 5.41) is 11.3. The van der Waals surface area contributed by atoms with E-state index < -0.39 is 5.97 Å². The van der Waals surface area contributed by atoms with Crippen LogP contribution in [0.2, 0.25) is 0 Å². The van der Waals surface area contributed by atoms with Gasteiger partial charge in [-0.25, -0.2) is 4.98 Å². The first-order chi connectivity index (χ1) is 9.66. The van der Waals surface area contributed by atoms with Gasteiger partial charge in [0.1, 0.15) is 0 Å². The lowest BCUT2D eigenvalue weighted by molar-refractivity contribution is -0.137. The number of para-hydroxylation sites is 2. The van der Waals surface area contributed by atoms with E-state index >= 15 is 0 Å². The number of carbonyl (C=O) groups is 2. The highest BCUT2D eigenvalue weighted by Gasteiger charge is 2.10. The normalized spacial score (nSPS) is 10.6. The lowest BCUT2D eigenvalue weighted by atomic mass is 10.2. The molecule has 1 aromatic carbocycles. The summed E-state index contributed by atoms with van der Waals surface area (Å²) in [6.07, 6.45) is 2.36. The molecule has 0 unspecified atom stereocenters. The van der Waals surface area contributed by atoms with Crippen molar-refractivity contribution in [2.24, 2.45) is 0 Å². The van der Waals surface area contributed by atoms with Crippen molar-refractivity contribution >= 4 is 22.9 Å². The minimum atomic E-state index is -0.781. The monoisotopic (exact) mass is 275 g/mol. The molecule has 0 bridgehead atoms. The number of rotatable bonds is 7. The summed E-state index contributed by atoms with van der Waals surface area (Å²) < 4.78 is 0. The van der Waals surface area contributed by atoms with Crippen LogP contribution in [0, 0.1) is 0 Å². The van der Waals surface area contributed by atoms with Crippen molar-refractivity contribution < 1.29 is 14.7 Å². The molecule has 0 aliphatic carbocycles. The van der Waals surface area contributed by atoms with Gasteiger partial charge < -0.3 is 15.4 Å². The third-order valence-corrected chi connectivity index (χ3v) is 2.96. The van der Waals surface area contributed by atoms with E-state index in [1.165, 1.54) is 0 Å². The predicted molar refractivity (Wildman–Crippen MR) is 74.5 cm³/mol. The van der Waals surface area contributed by atoms with E-state index in [1.807, 2.05) is 24.3 Å². The molecule has 0 atom stereocenters. The summed E-state index contributed by atoms with van der Waals surface area (Å²) in [7, 11) is 0. The number of carboxylic acids is 1. The summed E-state index contributed by atoms with van der Waals surface area (Å²) in [5.74, 6) is -0.715. The highest BCUT2D eigenvalue weighted by molar-refractivity contribution is 5.94. The first-order valence-corrected chi connectivity index (χ1v) is 6.61. The van der Waals surface area contributed by atoms with E-state index in [4.69, 9.17) is 5.11 Å². The van der Waals surface area contributed by atoms with Gasteiger partial charge in [0, 0.05) is 13.0 Å². The summed E-state index contributed by atoms with van der Waals surface area (Å²) in [4.78, 5) is 29.4. The fraction of sp³-hybridized carbons (Fsp3) is 0.357. The summed E-state index contributed by atoms with van der Waals surface area (Å²) in [5.41, 5.74) is 1.60. The molecular weight excluding hydrogens is 258 g/mol. The van der Waals surface area contributed by atoms with Gasteiger partial charge >= 0.3 is 5.97 Å². The van der Waals surface area contributed by atoms with Gasteiger partial charge in [0.05, 0.1) is 11.0 Å². The number of aromatic amines is 1. The molecule has 0 saturated heterocycles. The second kappa shape index (κ2) is 6.70. The van der Waals surface area contributed by atoms with Crippen LogP contribution in [0.4, 0.5) is 0 Å². The molecule has 3 N–H and O–H groups in total. The van der Waals surface area contributed by atoms with Crippen molar-refractivity contribution in [1.82, 2.24) is 15.3 Å². The van der Waals surface area contributed by atoms with E-state index in [9.17, 15) is 9.59 Å². The van der Waals surface area contributed by atoms with Gasteiger partial charge in [0.25, 0.3) is 5.91 Å². The van der Waals surface area contributed by atoms with E-state index in [1.54, 1.807) is 0 Å². The average Bonchev–Trinajstić information content (AvgIpc) is 2.86. The number of carboxylic acid groups (broad SMARTS) is 1. The van der Waals surface area contributed by atoms with Crippen molar-refractivity contribution in [3.63, 3.8) is 0 Å². The van der Waals surface area contributed by atoms with Gasteiger partial charge in [-0.05, 0) is 25.0 Å². The number of hydrogen-bond acceptors (Lipinski definition) is 3. The molecule has 106 valence electrons. The highest BCUT2D eigenvalue weighted by atomic mass is 16.4. The Hall–Kier alpha value is -2.37. The van der Waals surface area contributed by atoms with Gasteiger partial charge in [0.2, 0.25) is 0 Å². The molecule has 0 aliphatic heterocycles. The Labute approximate surface area is 116 Å². The maximum absolute atomic E-state index is 11.9. The number of H-pyrrole nitrogens is 1. The largest absolute Gasteiger partial charge is 0.481 e. The highest BCUT2D eigenvalue weighted by Crippen LogP contribution is 2.10. The molecule has 0 aliphatic rings. The molecule has 1 heterocycles. The Morgan fingerprint density at radius 1 is 1.20 bits per heavy atom. The predicted octanol–water partition coefficient (Wildman–Crippen LogP) is 1.94. The van der Waals surface area contributed by atoms with Crippen LogP contribution >= 0.6 is 0 Å². The Morgan fingerprint density at radius 2 is 2.00 bits per heavy atom. The van der Waals surface area contributed by atoms with Crippen molar-refractivity contribution in [3.05, 3.63) is 30.1 Å². The number of nitrogens with zero attached hydrogens (tertiary/aromatic N) is 1. The number of nitrogens with one attached hydrogen (secondary N) is 2. The summed E-state index contributed by atoms with van der Waals surface area (Å²) in [6, 6.07) is 7.46. The summed E-state index contributed by atoms with van der Waals surface area (Å²) in [6.45, 7) is 0.523. The van der Waals surface area contributed by atoms with Crippen molar-refractivity contribution in [3.8, 4) is 0 Å². The van der Waals surface area contributed by atoms with Crippen molar-refractivity contribution in [2.75, 3.05) is 6.54 Å². The number of carbonyl (C=O) groups excluding carboxylic acids is 1. The molecule has 6 nitrogen and oxygen atoms in total. The van der Waals surface area contributed by atoms with Crippen LogP contribution in [0.5, 0.6) is 0 Å². The number of benzene rings is 1. The SMILES string of the molecule is O=C(O)CCCCCNC(=O)c1nc2ccccc2[nH]1. The Bertz CT molecular complexity index is 573. The first kappa shape index (κ1) is 14.0. The first-order valence-electron chi connectivity index (χ1n) is 6.61. The van der Waals surface area contributed by atoms with Crippen molar-refractivity contribution in [2.45, 2.75) is 25.7 Å². The molecule has 2 aromatic rings. The van der Waals surface area contributed by atoms with Gasteiger partial charge in [0.15, 0.2) is 5.82 Å². The number of unbranched alkanes of at least 4 members (excludes halogenated alkanes) is 2. The lowest BCUT2D eigenvalue weighted by Gasteiger charge is -2.02. The van der Waals surface area contributed by atoms with E-state index in [2.05, 4.69) is 15.3 Å². The maximum atomic E-state index is 11.9. The number of aliphatic carboxylic acids is 1. The lowest BCUT2D eigenvalue weighted by Crippen LogP contribution is -2.25. The zero-order valence-corrected chi connectivity index (χ0v) is 11.1. The molecule has 2 rings (SSSR count).